The minimum absolute atomic E-state index is 0.0362. The fourth-order valence-corrected chi connectivity index (χ4v) is 1.26. The zero-order valence-corrected chi connectivity index (χ0v) is 9.62. The molecule has 0 saturated carbocycles. The van der Waals surface area contributed by atoms with Gasteiger partial charge in [-0.05, 0) is 0 Å². The van der Waals surface area contributed by atoms with Gasteiger partial charge in [-0.1, -0.05) is 23.2 Å². The van der Waals surface area contributed by atoms with Crippen LogP contribution in [0.5, 0.6) is 0 Å². The Labute approximate surface area is 105 Å². The first-order valence-corrected chi connectivity index (χ1v) is 4.98. The number of nitrogens with zero attached hydrogens (tertiary/aromatic N) is 4. The van der Waals surface area contributed by atoms with Crippen LogP contribution in [0.3, 0.4) is 0 Å². The van der Waals surface area contributed by atoms with E-state index < -0.39 is 5.91 Å². The van der Waals surface area contributed by atoms with Crippen molar-refractivity contribution >= 4 is 40.9 Å². The Bertz CT molecular complexity index is 569. The number of hydrogen-bond acceptors (Lipinski definition) is 6. The molecule has 0 bridgehead atoms. The zero-order valence-electron chi connectivity index (χ0n) is 8.11. The molecule has 0 aliphatic rings. The lowest BCUT2D eigenvalue weighted by molar-refractivity contribution is 0.101. The number of nitrogens with one attached hydrogen (secondary N) is 2. The summed E-state index contributed by atoms with van der Waals surface area (Å²) < 4.78 is 0. The monoisotopic (exact) mass is 273 g/mol. The number of aromatic amines is 1. The number of carbonyl (C=O) groups is 1. The normalized spacial score (nSPS) is 10.2. The number of halogens is 2. The van der Waals surface area contributed by atoms with Crippen LogP contribution in [0.4, 0.5) is 11.8 Å². The van der Waals surface area contributed by atoms with Crippen molar-refractivity contribution in [3.63, 3.8) is 0 Å². The molecule has 2 aromatic rings. The highest BCUT2D eigenvalue weighted by molar-refractivity contribution is 6.43. The number of anilines is 2. The molecular formula is C7H5Cl2N7O. The highest BCUT2D eigenvalue weighted by Gasteiger charge is 2.15. The summed E-state index contributed by atoms with van der Waals surface area (Å²) in [5, 5.41) is 8.31. The van der Waals surface area contributed by atoms with Crippen LogP contribution in [-0.2, 0) is 0 Å². The van der Waals surface area contributed by atoms with Crippen molar-refractivity contribution in [2.24, 2.45) is 0 Å². The van der Waals surface area contributed by atoms with Crippen LogP contribution in [0, 0.1) is 0 Å². The summed E-state index contributed by atoms with van der Waals surface area (Å²) in [4.78, 5) is 22.7. The van der Waals surface area contributed by atoms with E-state index in [1.54, 1.807) is 0 Å². The smallest absolute Gasteiger partial charge is 0.294 e. The van der Waals surface area contributed by atoms with E-state index in [1.165, 1.54) is 6.33 Å². The quantitative estimate of drug-likeness (QED) is 0.694. The van der Waals surface area contributed by atoms with Gasteiger partial charge in [-0.25, -0.2) is 9.97 Å². The van der Waals surface area contributed by atoms with Crippen molar-refractivity contribution < 1.29 is 4.79 Å². The Morgan fingerprint density at radius 1 is 1.41 bits per heavy atom. The Kier molecular flexibility index (Phi) is 3.07. The van der Waals surface area contributed by atoms with Crippen molar-refractivity contribution in [3.05, 3.63) is 22.3 Å². The molecule has 0 unspecified atom stereocenters. The molecular weight excluding hydrogens is 269 g/mol. The van der Waals surface area contributed by atoms with Gasteiger partial charge in [0.2, 0.25) is 11.8 Å². The first kappa shape index (κ1) is 11.6. The maximum absolute atomic E-state index is 11.6. The van der Waals surface area contributed by atoms with Crippen LogP contribution < -0.4 is 11.1 Å². The largest absolute Gasteiger partial charge is 0.366 e. The van der Waals surface area contributed by atoms with Gasteiger partial charge in [0.15, 0.2) is 11.0 Å². The van der Waals surface area contributed by atoms with Crippen LogP contribution >= 0.6 is 23.2 Å². The number of rotatable bonds is 2. The molecule has 4 N–H and O–H groups in total. The van der Waals surface area contributed by atoms with E-state index in [9.17, 15) is 4.79 Å². The van der Waals surface area contributed by atoms with Crippen LogP contribution in [0.1, 0.15) is 10.6 Å². The fourth-order valence-electron chi connectivity index (χ4n) is 0.979. The molecule has 0 aliphatic carbocycles. The molecule has 8 nitrogen and oxygen atoms in total. The number of H-pyrrole nitrogens is 1. The van der Waals surface area contributed by atoms with E-state index in [-0.39, 0.29) is 27.8 Å². The van der Waals surface area contributed by atoms with Gasteiger partial charge < -0.3 is 11.1 Å². The third kappa shape index (κ3) is 2.43. The maximum Gasteiger partial charge on any atom is 0.294 e. The average molecular weight is 274 g/mol. The van der Waals surface area contributed by atoms with Crippen LogP contribution in [0.15, 0.2) is 6.33 Å². The second kappa shape index (κ2) is 4.52. The number of hydrogen-bond donors (Lipinski definition) is 3. The molecule has 0 saturated heterocycles. The summed E-state index contributed by atoms with van der Waals surface area (Å²) in [6.07, 6.45) is 1.17. The lowest BCUT2D eigenvalue weighted by atomic mass is 10.5. The van der Waals surface area contributed by atoms with Gasteiger partial charge in [-0.15, -0.1) is 5.10 Å². The predicted molar refractivity (Wildman–Crippen MR) is 60.8 cm³/mol. The van der Waals surface area contributed by atoms with E-state index in [2.05, 4.69) is 30.5 Å². The van der Waals surface area contributed by atoms with Crippen molar-refractivity contribution in [2.75, 3.05) is 11.1 Å². The van der Waals surface area contributed by atoms with E-state index in [0.717, 1.165) is 0 Å². The van der Waals surface area contributed by atoms with E-state index in [4.69, 9.17) is 28.9 Å². The Balaban J connectivity index is 2.21. The molecule has 2 heterocycles. The summed E-state index contributed by atoms with van der Waals surface area (Å²) in [6, 6.07) is 0. The molecule has 10 heteroatoms. The first-order valence-electron chi connectivity index (χ1n) is 4.23. The molecule has 1 amide bonds. The average Bonchev–Trinajstić information content (AvgIpc) is 2.72. The van der Waals surface area contributed by atoms with Crippen molar-refractivity contribution in [2.45, 2.75) is 0 Å². The number of amides is 1. The summed E-state index contributed by atoms with van der Waals surface area (Å²) in [7, 11) is 0. The molecule has 0 atom stereocenters. The highest BCUT2D eigenvalue weighted by atomic mass is 35.5. The van der Waals surface area contributed by atoms with Crippen LogP contribution in [0.25, 0.3) is 0 Å². The van der Waals surface area contributed by atoms with Gasteiger partial charge in [-0.3, -0.25) is 9.89 Å². The number of carbonyl (C=O) groups excluding carboxylic acids is 1. The molecule has 2 rings (SSSR count). The third-order valence-electron chi connectivity index (χ3n) is 1.70. The minimum atomic E-state index is -0.592. The Hall–Kier alpha value is -1.93. The summed E-state index contributed by atoms with van der Waals surface area (Å²) >= 11 is 11.4. The summed E-state index contributed by atoms with van der Waals surface area (Å²) in [5.74, 6) is -0.618. The SMILES string of the molecule is Nc1n[nH]c(C(=O)Nc2ncnc(Cl)c2Cl)n1. The first-order chi connectivity index (χ1) is 8.08. The molecule has 2 aromatic heterocycles. The number of aromatic nitrogens is 5. The van der Waals surface area contributed by atoms with Gasteiger partial charge in [0.05, 0.1) is 0 Å². The minimum Gasteiger partial charge on any atom is -0.366 e. The van der Waals surface area contributed by atoms with Crippen LogP contribution in [0.2, 0.25) is 10.2 Å². The Morgan fingerprint density at radius 3 is 2.82 bits per heavy atom. The zero-order chi connectivity index (χ0) is 12.4. The van der Waals surface area contributed by atoms with E-state index in [0.29, 0.717) is 0 Å². The van der Waals surface area contributed by atoms with Crippen molar-refractivity contribution in [1.82, 2.24) is 25.1 Å². The molecule has 0 radical (unpaired) electrons. The lowest BCUT2D eigenvalue weighted by Crippen LogP contribution is -2.15. The van der Waals surface area contributed by atoms with Gasteiger partial charge in [-0.2, -0.15) is 4.98 Å². The second-order valence-electron chi connectivity index (χ2n) is 2.82. The third-order valence-corrected chi connectivity index (χ3v) is 2.44. The van der Waals surface area contributed by atoms with Crippen molar-refractivity contribution in [1.29, 1.82) is 0 Å². The van der Waals surface area contributed by atoms with Gasteiger partial charge in [0, 0.05) is 0 Å². The van der Waals surface area contributed by atoms with Crippen LogP contribution in [-0.4, -0.2) is 31.1 Å². The number of nitrogen functional groups attached to an aromatic ring is 1. The molecule has 17 heavy (non-hydrogen) atoms. The topological polar surface area (TPSA) is 122 Å². The lowest BCUT2D eigenvalue weighted by Gasteiger charge is -2.03. The van der Waals surface area contributed by atoms with E-state index >= 15 is 0 Å². The molecule has 0 aromatic carbocycles. The Morgan fingerprint density at radius 2 is 2.18 bits per heavy atom. The molecule has 0 aliphatic heterocycles. The highest BCUT2D eigenvalue weighted by Crippen LogP contribution is 2.25. The molecule has 0 spiro atoms. The number of nitrogens with two attached hydrogens (primary N) is 1. The van der Waals surface area contributed by atoms with Gasteiger partial charge in [0.25, 0.3) is 5.91 Å². The molecule has 88 valence electrons. The van der Waals surface area contributed by atoms with Crippen molar-refractivity contribution in [3.8, 4) is 0 Å². The van der Waals surface area contributed by atoms with E-state index in [1.807, 2.05) is 0 Å². The molecule has 0 fully saturated rings. The summed E-state index contributed by atoms with van der Waals surface area (Å²) in [6.45, 7) is 0. The second-order valence-corrected chi connectivity index (χ2v) is 3.56. The van der Waals surface area contributed by atoms with Gasteiger partial charge >= 0.3 is 0 Å². The maximum atomic E-state index is 11.6. The van der Waals surface area contributed by atoms with Gasteiger partial charge in [0.1, 0.15) is 11.3 Å². The fraction of sp³-hybridized carbons (Fsp3) is 0. The predicted octanol–water partition coefficient (Wildman–Crippen LogP) is 0.736. The summed E-state index contributed by atoms with van der Waals surface area (Å²) in [5.41, 5.74) is 5.26. The standard InChI is InChI=1S/C7H5Cl2N7O/c8-2-3(9)11-1-12-4(2)13-6(17)5-14-7(10)16-15-5/h1H,(H3,10,14,15,16)(H,11,12,13,17).